The third kappa shape index (κ3) is 2.02. The van der Waals surface area contributed by atoms with Gasteiger partial charge < -0.3 is 4.98 Å². The summed E-state index contributed by atoms with van der Waals surface area (Å²) in [5.41, 5.74) is 2.97. The number of aromatic nitrogens is 1. The number of hydrogen-bond acceptors (Lipinski definition) is 0. The molecule has 14 heavy (non-hydrogen) atoms. The minimum atomic E-state index is 0.825. The summed E-state index contributed by atoms with van der Waals surface area (Å²) in [7, 11) is 0. The van der Waals surface area contributed by atoms with Gasteiger partial charge in [-0.1, -0.05) is 32.0 Å². The first-order valence-corrected chi connectivity index (χ1v) is 4.94. The van der Waals surface area contributed by atoms with Gasteiger partial charge in [-0.3, -0.25) is 5.41 Å². The quantitative estimate of drug-likeness (QED) is 0.642. The Hall–Kier alpha value is -1.57. The predicted octanol–water partition coefficient (Wildman–Crippen LogP) is 1.76. The normalized spacial score (nSPS) is 9.36. The van der Waals surface area contributed by atoms with Gasteiger partial charge in [-0.25, -0.2) is 0 Å². The number of rotatable bonds is 1. The topological polar surface area (TPSA) is 41.4 Å². The van der Waals surface area contributed by atoms with Crippen molar-refractivity contribution in [1.82, 2.24) is 4.98 Å². The first-order chi connectivity index (χ1) is 6.77. The molecular weight excluding hydrogens is 172 g/mol. The Balaban J connectivity index is 0.000000461. The molecule has 0 atom stereocenters. The zero-order valence-corrected chi connectivity index (χ0v) is 8.96. The van der Waals surface area contributed by atoms with Gasteiger partial charge in [0.2, 0.25) is 0 Å². The summed E-state index contributed by atoms with van der Waals surface area (Å²) in [5, 5.41) is 6.87. The summed E-state index contributed by atoms with van der Waals surface area (Å²) in [6, 6.07) is 10.2. The van der Waals surface area contributed by atoms with Crippen molar-refractivity contribution < 1.29 is 5.41 Å². The molecule has 2 heteroatoms. The molecule has 2 nitrogen and oxygen atoms in total. The van der Waals surface area contributed by atoms with Gasteiger partial charge in [0.1, 0.15) is 5.69 Å². The zero-order chi connectivity index (χ0) is 10.6. The summed E-state index contributed by atoms with van der Waals surface area (Å²) < 4.78 is 0. The van der Waals surface area contributed by atoms with Crippen molar-refractivity contribution in [3.8, 4) is 0 Å². The molecule has 0 fully saturated rings. The van der Waals surface area contributed by atoms with Gasteiger partial charge in [-0.05, 0) is 12.1 Å². The van der Waals surface area contributed by atoms with Gasteiger partial charge in [0.25, 0.3) is 0 Å². The summed E-state index contributed by atoms with van der Waals surface area (Å²) >= 11 is 0. The lowest BCUT2D eigenvalue weighted by Crippen LogP contribution is -2.38. The van der Waals surface area contributed by atoms with Crippen LogP contribution >= 0.6 is 0 Å². The fraction of sp³-hybridized carbons (Fsp3) is 0.250. The van der Waals surface area contributed by atoms with E-state index in [9.17, 15) is 0 Å². The van der Waals surface area contributed by atoms with Gasteiger partial charge in [0.05, 0.1) is 0 Å². The van der Waals surface area contributed by atoms with Gasteiger partial charge in [-0.2, -0.15) is 0 Å². The Morgan fingerprint density at radius 3 is 2.43 bits per heavy atom. The fourth-order valence-corrected chi connectivity index (χ4v) is 1.29. The van der Waals surface area contributed by atoms with E-state index in [1.807, 2.05) is 39.0 Å². The van der Waals surface area contributed by atoms with Crippen LogP contribution in [0.4, 0.5) is 0 Å². The van der Waals surface area contributed by atoms with Crippen molar-refractivity contribution >= 4 is 16.6 Å². The van der Waals surface area contributed by atoms with Crippen LogP contribution in [0, 0.1) is 0 Å². The first kappa shape index (κ1) is 10.5. The largest absolute Gasteiger partial charge is 0.350 e. The standard InChI is InChI=1S/C10H10N2.C2H6/c1-7(11)10-6-8-4-2-3-5-9(8)12-10;1-2/h2-6,11-12H,1H3;1-2H3/p+1. The van der Waals surface area contributed by atoms with E-state index in [1.54, 1.807) is 0 Å². The van der Waals surface area contributed by atoms with Crippen LogP contribution in [-0.4, -0.2) is 10.7 Å². The molecule has 0 aliphatic heterocycles. The van der Waals surface area contributed by atoms with E-state index in [0.717, 1.165) is 16.9 Å². The van der Waals surface area contributed by atoms with E-state index in [-0.39, 0.29) is 0 Å². The number of fused-ring (bicyclic) bond motifs is 1. The van der Waals surface area contributed by atoms with Crippen LogP contribution in [0.15, 0.2) is 30.3 Å². The molecule has 0 spiro atoms. The lowest BCUT2D eigenvalue weighted by molar-refractivity contribution is -0.113. The van der Waals surface area contributed by atoms with Crippen LogP contribution in [0.2, 0.25) is 0 Å². The van der Waals surface area contributed by atoms with Crippen LogP contribution < -0.4 is 5.41 Å². The highest BCUT2D eigenvalue weighted by atomic mass is 14.7. The molecule has 0 saturated heterocycles. The van der Waals surface area contributed by atoms with Crippen molar-refractivity contribution in [1.29, 1.82) is 0 Å². The summed E-state index contributed by atoms with van der Waals surface area (Å²) in [5.74, 6) is 0. The molecule has 2 aromatic rings. The number of hydrogen-bond donors (Lipinski definition) is 2. The van der Waals surface area contributed by atoms with E-state index in [0.29, 0.717) is 0 Å². The Labute approximate surface area is 84.5 Å². The van der Waals surface area contributed by atoms with E-state index < -0.39 is 0 Å². The molecule has 0 unspecified atom stereocenters. The lowest BCUT2D eigenvalue weighted by Gasteiger charge is -1.84. The summed E-state index contributed by atoms with van der Waals surface area (Å²) in [6.45, 7) is 5.89. The van der Waals surface area contributed by atoms with Gasteiger partial charge >= 0.3 is 0 Å². The minimum Gasteiger partial charge on any atom is -0.350 e. The summed E-state index contributed by atoms with van der Waals surface area (Å²) in [6.07, 6.45) is 0. The highest BCUT2D eigenvalue weighted by Crippen LogP contribution is 2.13. The Bertz CT molecular complexity index is 394. The van der Waals surface area contributed by atoms with Crippen LogP contribution in [0.25, 0.3) is 10.9 Å². The molecule has 0 aliphatic carbocycles. The van der Waals surface area contributed by atoms with E-state index in [2.05, 4.69) is 17.1 Å². The van der Waals surface area contributed by atoms with Gasteiger partial charge in [0.15, 0.2) is 5.71 Å². The number of H-pyrrole nitrogens is 1. The van der Waals surface area contributed by atoms with Crippen molar-refractivity contribution in [2.24, 2.45) is 0 Å². The van der Waals surface area contributed by atoms with Gasteiger partial charge in [0, 0.05) is 17.8 Å². The maximum atomic E-state index is 5.66. The third-order valence-corrected chi connectivity index (χ3v) is 1.95. The lowest BCUT2D eigenvalue weighted by atomic mass is 10.2. The molecule has 1 aromatic carbocycles. The second kappa shape index (κ2) is 4.61. The van der Waals surface area contributed by atoms with Crippen LogP contribution in [0.1, 0.15) is 26.5 Å². The van der Waals surface area contributed by atoms with Crippen molar-refractivity contribution in [3.63, 3.8) is 0 Å². The third-order valence-electron chi connectivity index (χ3n) is 1.95. The molecular formula is C12H17N2+. The second-order valence-corrected chi connectivity index (χ2v) is 2.95. The molecule has 0 radical (unpaired) electrons. The van der Waals surface area contributed by atoms with Crippen LogP contribution in [0.5, 0.6) is 0 Å². The van der Waals surface area contributed by atoms with Crippen molar-refractivity contribution in [2.45, 2.75) is 20.8 Å². The molecule has 3 N–H and O–H groups in total. The molecule has 0 bridgehead atoms. The van der Waals surface area contributed by atoms with Crippen LogP contribution in [0.3, 0.4) is 0 Å². The minimum absolute atomic E-state index is 0.825. The first-order valence-electron chi connectivity index (χ1n) is 4.94. The highest BCUT2D eigenvalue weighted by molar-refractivity contribution is 5.97. The number of nitrogens with one attached hydrogen (secondary N) is 1. The smallest absolute Gasteiger partial charge is 0.193 e. The predicted molar refractivity (Wildman–Crippen MR) is 61.4 cm³/mol. The molecule has 0 aliphatic rings. The monoisotopic (exact) mass is 189 g/mol. The average molecular weight is 189 g/mol. The second-order valence-electron chi connectivity index (χ2n) is 2.95. The maximum Gasteiger partial charge on any atom is 0.193 e. The molecule has 74 valence electrons. The fourth-order valence-electron chi connectivity index (χ4n) is 1.29. The average Bonchev–Trinajstić information content (AvgIpc) is 2.64. The van der Waals surface area contributed by atoms with Gasteiger partial charge in [-0.15, -0.1) is 0 Å². The van der Waals surface area contributed by atoms with Crippen molar-refractivity contribution in [3.05, 3.63) is 36.0 Å². The molecule has 1 aromatic heterocycles. The molecule has 1 heterocycles. The van der Waals surface area contributed by atoms with Crippen LogP contribution in [-0.2, 0) is 0 Å². The van der Waals surface area contributed by atoms with E-state index in [1.165, 1.54) is 5.39 Å². The Morgan fingerprint density at radius 2 is 1.86 bits per heavy atom. The number of aromatic amines is 1. The maximum absolute atomic E-state index is 5.66. The molecule has 0 saturated carbocycles. The van der Waals surface area contributed by atoms with E-state index in [4.69, 9.17) is 5.41 Å². The van der Waals surface area contributed by atoms with E-state index >= 15 is 0 Å². The SMILES string of the molecule is CC.CC(=[NH2+])c1cc2ccccc2[nH]1. The van der Waals surface area contributed by atoms with Crippen molar-refractivity contribution in [2.75, 3.05) is 0 Å². The molecule has 0 amide bonds. The highest BCUT2D eigenvalue weighted by Gasteiger charge is 2.03. The number of nitrogens with two attached hydrogens (primary N) is 1. The zero-order valence-electron chi connectivity index (χ0n) is 8.96. The number of benzene rings is 1. The Morgan fingerprint density at radius 1 is 1.21 bits per heavy atom. The molecule has 2 rings (SSSR count). The number of para-hydroxylation sites is 1. The summed E-state index contributed by atoms with van der Waals surface area (Å²) in [4.78, 5) is 3.23. The Kier molecular flexibility index (Phi) is 3.46.